The fourth-order valence-electron chi connectivity index (χ4n) is 1.37. The Balaban J connectivity index is 2.96. The van der Waals surface area contributed by atoms with Crippen molar-refractivity contribution in [2.24, 2.45) is 0 Å². The van der Waals surface area contributed by atoms with Gasteiger partial charge in [0.25, 0.3) is 5.69 Å². The lowest BCUT2D eigenvalue weighted by molar-refractivity contribution is -0.387. The molecule has 0 fully saturated rings. The molecule has 1 aromatic rings. The van der Waals surface area contributed by atoms with Crippen LogP contribution in [-0.4, -0.2) is 33.7 Å². The van der Waals surface area contributed by atoms with Crippen molar-refractivity contribution in [1.29, 1.82) is 0 Å². The minimum absolute atomic E-state index is 0.0167. The fourth-order valence-corrected chi connectivity index (χ4v) is 2.65. The number of hydrogen-bond donors (Lipinski definition) is 2. The first-order valence-corrected chi connectivity index (χ1v) is 6.85. The monoisotopic (exact) mass is 336 g/mol. The van der Waals surface area contributed by atoms with Gasteiger partial charge in [0.05, 0.1) is 20.9 Å². The van der Waals surface area contributed by atoms with Crippen LogP contribution < -0.4 is 5.32 Å². The Morgan fingerprint density at radius 3 is 2.67 bits per heavy atom. The first-order valence-electron chi connectivity index (χ1n) is 5.48. The van der Waals surface area contributed by atoms with Crippen LogP contribution in [0.2, 0.25) is 5.02 Å². The second-order valence-corrected chi connectivity index (χ2v) is 5.36. The number of aliphatic carboxylic acids is 1. The molecule has 1 amide bonds. The van der Waals surface area contributed by atoms with Crippen molar-refractivity contribution in [2.45, 2.75) is 17.9 Å². The van der Waals surface area contributed by atoms with Gasteiger partial charge in [-0.15, -0.1) is 11.8 Å². The summed E-state index contributed by atoms with van der Waals surface area (Å²) in [6.07, 6.45) is 0. The van der Waals surface area contributed by atoms with E-state index in [1.807, 2.05) is 0 Å². The van der Waals surface area contributed by atoms with Crippen molar-refractivity contribution in [1.82, 2.24) is 5.32 Å². The van der Waals surface area contributed by atoms with Gasteiger partial charge in [0.15, 0.2) is 0 Å². The molecule has 0 aromatic heterocycles. The zero-order valence-electron chi connectivity index (χ0n) is 10.6. The lowest BCUT2D eigenvalue weighted by Gasteiger charge is -2.12. The van der Waals surface area contributed by atoms with E-state index in [0.29, 0.717) is 6.07 Å². The van der Waals surface area contributed by atoms with Crippen molar-refractivity contribution in [3.8, 4) is 0 Å². The van der Waals surface area contributed by atoms with Crippen LogP contribution in [0.3, 0.4) is 0 Å². The van der Waals surface area contributed by atoms with Crippen molar-refractivity contribution in [3.05, 3.63) is 33.1 Å². The highest BCUT2D eigenvalue weighted by molar-refractivity contribution is 7.99. The molecule has 0 aliphatic carbocycles. The number of halogens is 2. The van der Waals surface area contributed by atoms with E-state index in [1.54, 1.807) is 0 Å². The van der Waals surface area contributed by atoms with Crippen LogP contribution >= 0.6 is 23.4 Å². The van der Waals surface area contributed by atoms with Crippen molar-refractivity contribution in [2.75, 3.05) is 5.75 Å². The Morgan fingerprint density at radius 2 is 2.19 bits per heavy atom. The third-order valence-electron chi connectivity index (χ3n) is 2.28. The summed E-state index contributed by atoms with van der Waals surface area (Å²) >= 11 is 6.34. The molecule has 0 heterocycles. The van der Waals surface area contributed by atoms with E-state index in [0.717, 1.165) is 24.8 Å². The summed E-state index contributed by atoms with van der Waals surface area (Å²) in [4.78, 5) is 31.9. The number of carbonyl (C=O) groups is 2. The van der Waals surface area contributed by atoms with E-state index < -0.39 is 34.3 Å². The first-order chi connectivity index (χ1) is 9.72. The fraction of sp³-hybridized carbons (Fsp3) is 0.273. The number of hydrogen-bond acceptors (Lipinski definition) is 5. The SMILES string of the molecule is CC(=O)N[C@@H](CSc1cc(Cl)c(F)cc1[N+](=O)[O-])C(=O)O. The summed E-state index contributed by atoms with van der Waals surface area (Å²) in [6, 6.07) is 0.488. The molecule has 0 saturated carbocycles. The highest BCUT2D eigenvalue weighted by Gasteiger charge is 2.23. The van der Waals surface area contributed by atoms with Crippen LogP contribution in [0.5, 0.6) is 0 Å². The lowest BCUT2D eigenvalue weighted by atomic mass is 10.3. The predicted octanol–water partition coefficient (Wildman–Crippen LogP) is 2.07. The molecule has 0 aliphatic heterocycles. The zero-order chi connectivity index (χ0) is 16.2. The second kappa shape index (κ2) is 7.23. The van der Waals surface area contributed by atoms with Gasteiger partial charge in [-0.05, 0) is 6.07 Å². The van der Waals surface area contributed by atoms with E-state index in [1.165, 1.54) is 0 Å². The van der Waals surface area contributed by atoms with Crippen LogP contribution in [0, 0.1) is 15.9 Å². The molecular formula is C11H10ClFN2O5S. The predicted molar refractivity (Wildman–Crippen MR) is 74.0 cm³/mol. The third-order valence-corrected chi connectivity index (χ3v) is 3.71. The van der Waals surface area contributed by atoms with Crippen LogP contribution in [0.15, 0.2) is 17.0 Å². The Morgan fingerprint density at radius 1 is 1.57 bits per heavy atom. The molecule has 0 aliphatic rings. The Bertz CT molecular complexity index is 598. The Hall–Kier alpha value is -1.87. The molecule has 7 nitrogen and oxygen atoms in total. The molecule has 21 heavy (non-hydrogen) atoms. The number of nitro groups is 1. The first kappa shape index (κ1) is 17.2. The maximum absolute atomic E-state index is 13.2. The highest BCUT2D eigenvalue weighted by Crippen LogP contribution is 2.33. The van der Waals surface area contributed by atoms with Gasteiger partial charge in [0.1, 0.15) is 11.9 Å². The van der Waals surface area contributed by atoms with Crippen LogP contribution in [0.25, 0.3) is 0 Å². The number of rotatable bonds is 6. The molecule has 2 N–H and O–H groups in total. The third kappa shape index (κ3) is 4.87. The van der Waals surface area contributed by atoms with Gasteiger partial charge in [-0.2, -0.15) is 0 Å². The number of amides is 1. The molecule has 0 radical (unpaired) electrons. The minimum atomic E-state index is -1.28. The molecule has 0 unspecified atom stereocenters. The zero-order valence-corrected chi connectivity index (χ0v) is 12.2. The molecule has 0 saturated heterocycles. The standard InChI is InChI=1S/C11H10ClFN2O5S/c1-5(16)14-8(11(17)18)4-21-10-2-6(12)7(13)3-9(10)15(19)20/h2-3,8H,4H2,1H3,(H,14,16)(H,17,18)/t8-/m0/s1. The van der Waals surface area contributed by atoms with E-state index in [4.69, 9.17) is 16.7 Å². The second-order valence-electron chi connectivity index (χ2n) is 3.89. The number of carboxylic acid groups (broad SMARTS) is 1. The van der Waals surface area contributed by atoms with E-state index in [-0.39, 0.29) is 15.7 Å². The molecule has 10 heteroatoms. The van der Waals surface area contributed by atoms with Gasteiger partial charge in [-0.1, -0.05) is 11.6 Å². The van der Waals surface area contributed by atoms with Gasteiger partial charge in [0, 0.05) is 12.7 Å². The molecule has 1 rings (SSSR count). The lowest BCUT2D eigenvalue weighted by Crippen LogP contribution is -2.41. The van der Waals surface area contributed by atoms with Gasteiger partial charge >= 0.3 is 5.97 Å². The maximum atomic E-state index is 13.2. The van der Waals surface area contributed by atoms with E-state index in [2.05, 4.69) is 5.32 Å². The summed E-state index contributed by atoms with van der Waals surface area (Å²) in [6.45, 7) is 1.15. The van der Waals surface area contributed by atoms with Gasteiger partial charge in [0.2, 0.25) is 5.91 Å². The summed E-state index contributed by atoms with van der Waals surface area (Å²) in [5.41, 5.74) is -0.520. The number of benzene rings is 1. The largest absolute Gasteiger partial charge is 0.480 e. The minimum Gasteiger partial charge on any atom is -0.480 e. The number of nitro benzene ring substituents is 1. The van der Waals surface area contributed by atoms with Crippen LogP contribution in [0.4, 0.5) is 10.1 Å². The summed E-state index contributed by atoms with van der Waals surface area (Å²) < 4.78 is 13.2. The van der Waals surface area contributed by atoms with Gasteiger partial charge in [-0.25, -0.2) is 9.18 Å². The van der Waals surface area contributed by atoms with Crippen LogP contribution in [0.1, 0.15) is 6.92 Å². The van der Waals surface area contributed by atoms with Gasteiger partial charge in [-0.3, -0.25) is 14.9 Å². The molecular weight excluding hydrogens is 327 g/mol. The summed E-state index contributed by atoms with van der Waals surface area (Å²) in [5, 5.41) is 21.6. The topological polar surface area (TPSA) is 110 Å². The average molecular weight is 337 g/mol. The Kier molecular flexibility index (Phi) is 5.91. The molecule has 1 aromatic carbocycles. The van der Waals surface area contributed by atoms with E-state index >= 15 is 0 Å². The molecule has 1 atom stereocenters. The number of carboxylic acids is 1. The summed E-state index contributed by atoms with van der Waals surface area (Å²) in [7, 11) is 0. The normalized spacial score (nSPS) is 11.8. The summed E-state index contributed by atoms with van der Waals surface area (Å²) in [5.74, 6) is -2.94. The van der Waals surface area contributed by atoms with Crippen LogP contribution in [-0.2, 0) is 9.59 Å². The highest BCUT2D eigenvalue weighted by atomic mass is 35.5. The van der Waals surface area contributed by atoms with Gasteiger partial charge < -0.3 is 10.4 Å². The average Bonchev–Trinajstić information content (AvgIpc) is 2.36. The molecule has 0 spiro atoms. The van der Waals surface area contributed by atoms with Crippen molar-refractivity contribution >= 4 is 40.9 Å². The smallest absolute Gasteiger partial charge is 0.327 e. The number of nitrogens with zero attached hydrogens (tertiary/aromatic N) is 1. The molecule has 114 valence electrons. The maximum Gasteiger partial charge on any atom is 0.327 e. The van der Waals surface area contributed by atoms with Crippen molar-refractivity contribution in [3.63, 3.8) is 0 Å². The quantitative estimate of drug-likeness (QED) is 0.467. The molecule has 0 bridgehead atoms. The van der Waals surface area contributed by atoms with Crippen molar-refractivity contribution < 1.29 is 24.0 Å². The number of nitrogens with one attached hydrogen (secondary N) is 1. The van der Waals surface area contributed by atoms with E-state index in [9.17, 15) is 24.1 Å². The number of thioether (sulfide) groups is 1. The number of carbonyl (C=O) groups excluding carboxylic acids is 1. The Labute approximate surface area is 127 Å².